The first-order valence-corrected chi connectivity index (χ1v) is 10.9. The second kappa shape index (κ2) is 10.6. The van der Waals surface area contributed by atoms with E-state index in [9.17, 15) is 14.0 Å². The summed E-state index contributed by atoms with van der Waals surface area (Å²) in [5, 5.41) is 3.30. The molecule has 0 saturated heterocycles. The molecule has 3 rings (SSSR count). The van der Waals surface area contributed by atoms with Gasteiger partial charge in [-0.2, -0.15) is 0 Å². The SMILES string of the molecule is C[C@@H](C(=O)NC1CCCCC1)N(Cc1ccccc1)C(=O)Cc1c(F)cccc1Cl. The van der Waals surface area contributed by atoms with E-state index in [1.807, 2.05) is 30.3 Å². The van der Waals surface area contributed by atoms with Crippen molar-refractivity contribution in [2.75, 3.05) is 0 Å². The lowest BCUT2D eigenvalue weighted by molar-refractivity contribution is -0.140. The molecule has 0 aromatic heterocycles. The fourth-order valence-electron chi connectivity index (χ4n) is 3.89. The molecule has 0 unspecified atom stereocenters. The molecule has 1 saturated carbocycles. The normalized spacial score (nSPS) is 15.4. The van der Waals surface area contributed by atoms with Crippen molar-refractivity contribution in [1.29, 1.82) is 0 Å². The van der Waals surface area contributed by atoms with E-state index >= 15 is 0 Å². The molecule has 2 amide bonds. The van der Waals surface area contributed by atoms with Crippen LogP contribution in [0, 0.1) is 5.82 Å². The summed E-state index contributed by atoms with van der Waals surface area (Å²) in [5.41, 5.74) is 1.06. The molecular weight excluding hydrogens is 403 g/mol. The molecule has 30 heavy (non-hydrogen) atoms. The van der Waals surface area contributed by atoms with Crippen molar-refractivity contribution < 1.29 is 14.0 Å². The van der Waals surface area contributed by atoms with E-state index in [4.69, 9.17) is 11.6 Å². The van der Waals surface area contributed by atoms with E-state index in [0.29, 0.717) is 0 Å². The summed E-state index contributed by atoms with van der Waals surface area (Å²) >= 11 is 6.12. The molecule has 6 heteroatoms. The number of hydrogen-bond donors (Lipinski definition) is 1. The minimum absolute atomic E-state index is 0.155. The van der Waals surface area contributed by atoms with Gasteiger partial charge in [0.25, 0.3) is 0 Å². The zero-order valence-corrected chi connectivity index (χ0v) is 18.0. The first-order valence-electron chi connectivity index (χ1n) is 10.5. The Balaban J connectivity index is 1.78. The highest BCUT2D eigenvalue weighted by molar-refractivity contribution is 6.31. The average Bonchev–Trinajstić information content (AvgIpc) is 2.75. The van der Waals surface area contributed by atoms with Crippen LogP contribution in [0.3, 0.4) is 0 Å². The molecule has 2 aromatic carbocycles. The quantitative estimate of drug-likeness (QED) is 0.680. The van der Waals surface area contributed by atoms with Crippen LogP contribution in [0.4, 0.5) is 4.39 Å². The largest absolute Gasteiger partial charge is 0.352 e. The third-order valence-electron chi connectivity index (χ3n) is 5.70. The molecule has 160 valence electrons. The minimum atomic E-state index is -0.676. The summed E-state index contributed by atoms with van der Waals surface area (Å²) in [5.74, 6) is -1.03. The first kappa shape index (κ1) is 22.3. The van der Waals surface area contributed by atoms with Gasteiger partial charge in [0.1, 0.15) is 11.9 Å². The van der Waals surface area contributed by atoms with Gasteiger partial charge in [-0.1, -0.05) is 67.3 Å². The van der Waals surface area contributed by atoms with Gasteiger partial charge in [0.15, 0.2) is 0 Å². The summed E-state index contributed by atoms with van der Waals surface area (Å²) in [6.45, 7) is 1.99. The van der Waals surface area contributed by atoms with E-state index < -0.39 is 11.9 Å². The molecule has 1 fully saturated rings. The Hall–Kier alpha value is -2.40. The number of halogens is 2. The van der Waals surface area contributed by atoms with Gasteiger partial charge in [0.2, 0.25) is 11.8 Å². The lowest BCUT2D eigenvalue weighted by atomic mass is 9.95. The average molecular weight is 431 g/mol. The predicted molar refractivity (Wildman–Crippen MR) is 117 cm³/mol. The molecule has 1 aliphatic carbocycles. The number of hydrogen-bond acceptors (Lipinski definition) is 2. The molecule has 0 aliphatic heterocycles. The first-order chi connectivity index (χ1) is 14.5. The third kappa shape index (κ3) is 5.82. The fraction of sp³-hybridized carbons (Fsp3) is 0.417. The predicted octanol–water partition coefficient (Wildman–Crippen LogP) is 4.89. The maximum atomic E-state index is 14.2. The molecule has 1 atom stereocenters. The number of nitrogens with one attached hydrogen (secondary N) is 1. The number of carbonyl (C=O) groups excluding carboxylic acids is 2. The van der Waals surface area contributed by atoms with Gasteiger partial charge in [-0.25, -0.2) is 4.39 Å². The third-order valence-corrected chi connectivity index (χ3v) is 6.06. The number of benzene rings is 2. The number of amides is 2. The number of carbonyl (C=O) groups is 2. The molecule has 0 heterocycles. The minimum Gasteiger partial charge on any atom is -0.352 e. The second-order valence-electron chi connectivity index (χ2n) is 7.90. The van der Waals surface area contributed by atoms with Crippen LogP contribution in [-0.4, -0.2) is 28.8 Å². The molecule has 0 radical (unpaired) electrons. The highest BCUT2D eigenvalue weighted by Gasteiger charge is 2.29. The molecular formula is C24H28ClFN2O2. The highest BCUT2D eigenvalue weighted by atomic mass is 35.5. The summed E-state index contributed by atoms with van der Waals surface area (Å²) in [7, 11) is 0. The van der Waals surface area contributed by atoms with E-state index in [-0.39, 0.29) is 41.4 Å². The zero-order chi connectivity index (χ0) is 21.5. The summed E-state index contributed by atoms with van der Waals surface area (Å²) in [6.07, 6.45) is 5.16. The summed E-state index contributed by atoms with van der Waals surface area (Å²) in [4.78, 5) is 27.6. The van der Waals surface area contributed by atoms with Crippen LogP contribution < -0.4 is 5.32 Å². The van der Waals surface area contributed by atoms with E-state index in [0.717, 1.165) is 31.2 Å². The maximum Gasteiger partial charge on any atom is 0.242 e. The van der Waals surface area contributed by atoms with E-state index in [1.54, 1.807) is 13.0 Å². The summed E-state index contributed by atoms with van der Waals surface area (Å²) in [6, 6.07) is 13.3. The van der Waals surface area contributed by atoms with Crippen molar-refractivity contribution in [3.8, 4) is 0 Å². The van der Waals surface area contributed by atoms with Crippen molar-refractivity contribution in [2.24, 2.45) is 0 Å². The van der Waals surface area contributed by atoms with Crippen LogP contribution in [0.1, 0.15) is 50.2 Å². The van der Waals surface area contributed by atoms with Crippen molar-refractivity contribution >= 4 is 23.4 Å². The molecule has 2 aromatic rings. The number of rotatable bonds is 7. The van der Waals surface area contributed by atoms with Gasteiger partial charge >= 0.3 is 0 Å². The Morgan fingerprint density at radius 3 is 2.47 bits per heavy atom. The Bertz CT molecular complexity index is 849. The lowest BCUT2D eigenvalue weighted by Gasteiger charge is -2.31. The Morgan fingerprint density at radius 2 is 1.80 bits per heavy atom. The van der Waals surface area contributed by atoms with Gasteiger partial charge in [-0.05, 0) is 37.5 Å². The monoisotopic (exact) mass is 430 g/mol. The van der Waals surface area contributed by atoms with Crippen molar-refractivity contribution in [3.05, 3.63) is 70.5 Å². The standard InChI is InChI=1S/C24H28ClFN2O2/c1-17(24(30)27-19-11-6-3-7-12-19)28(16-18-9-4-2-5-10-18)23(29)15-20-21(25)13-8-14-22(20)26/h2,4-5,8-10,13-14,17,19H,3,6-7,11-12,15-16H2,1H3,(H,27,30)/t17-/m0/s1. The second-order valence-corrected chi connectivity index (χ2v) is 8.31. The van der Waals surface area contributed by atoms with Crippen LogP contribution in [0.2, 0.25) is 5.02 Å². The number of nitrogens with zero attached hydrogens (tertiary/aromatic N) is 1. The molecule has 4 nitrogen and oxygen atoms in total. The van der Waals surface area contributed by atoms with Crippen LogP contribution >= 0.6 is 11.6 Å². The van der Waals surface area contributed by atoms with Crippen molar-refractivity contribution in [2.45, 2.75) is 64.1 Å². The van der Waals surface area contributed by atoms with Gasteiger partial charge in [-0.3, -0.25) is 9.59 Å². The van der Waals surface area contributed by atoms with Crippen LogP contribution in [0.15, 0.2) is 48.5 Å². The van der Waals surface area contributed by atoms with Gasteiger partial charge in [0.05, 0.1) is 6.42 Å². The lowest BCUT2D eigenvalue weighted by Crippen LogP contribution is -2.50. The van der Waals surface area contributed by atoms with E-state index in [1.165, 1.54) is 23.5 Å². The molecule has 0 bridgehead atoms. The van der Waals surface area contributed by atoms with Crippen LogP contribution in [0.25, 0.3) is 0 Å². The molecule has 1 aliphatic rings. The van der Waals surface area contributed by atoms with Gasteiger partial charge in [0, 0.05) is 23.2 Å². The summed E-state index contributed by atoms with van der Waals surface area (Å²) < 4.78 is 14.2. The fourth-order valence-corrected chi connectivity index (χ4v) is 4.12. The Labute approximate surface area is 182 Å². The Kier molecular flexibility index (Phi) is 7.86. The zero-order valence-electron chi connectivity index (χ0n) is 17.2. The van der Waals surface area contributed by atoms with Crippen LogP contribution in [0.5, 0.6) is 0 Å². The Morgan fingerprint density at radius 1 is 1.10 bits per heavy atom. The highest BCUT2D eigenvalue weighted by Crippen LogP contribution is 2.22. The van der Waals surface area contributed by atoms with Crippen molar-refractivity contribution in [1.82, 2.24) is 10.2 Å². The molecule has 1 N–H and O–H groups in total. The smallest absolute Gasteiger partial charge is 0.242 e. The van der Waals surface area contributed by atoms with Gasteiger partial charge in [-0.15, -0.1) is 0 Å². The van der Waals surface area contributed by atoms with E-state index in [2.05, 4.69) is 5.32 Å². The maximum absolute atomic E-state index is 14.2. The topological polar surface area (TPSA) is 49.4 Å². The van der Waals surface area contributed by atoms with Crippen molar-refractivity contribution in [3.63, 3.8) is 0 Å². The van der Waals surface area contributed by atoms with Gasteiger partial charge < -0.3 is 10.2 Å². The van der Waals surface area contributed by atoms with Crippen LogP contribution in [-0.2, 0) is 22.6 Å². The molecule has 0 spiro atoms.